The van der Waals surface area contributed by atoms with Crippen molar-refractivity contribution >= 4 is 11.8 Å². The van der Waals surface area contributed by atoms with Crippen LogP contribution in [-0.2, 0) is 0 Å². The summed E-state index contributed by atoms with van der Waals surface area (Å²) in [5, 5.41) is 0.874. The Labute approximate surface area is 117 Å². The zero-order chi connectivity index (χ0) is 13.8. The molecule has 0 bridgehead atoms. The third-order valence-corrected chi connectivity index (χ3v) is 4.03. The third kappa shape index (κ3) is 3.75. The molecule has 2 aromatic heterocycles. The topological polar surface area (TPSA) is 64.7 Å². The van der Waals surface area contributed by atoms with Gasteiger partial charge < -0.3 is 5.73 Å². The van der Waals surface area contributed by atoms with E-state index >= 15 is 0 Å². The molecule has 2 N–H and O–H groups in total. The quantitative estimate of drug-likeness (QED) is 0.686. The van der Waals surface area contributed by atoms with E-state index in [-0.39, 0.29) is 11.3 Å². The van der Waals surface area contributed by atoms with Gasteiger partial charge in [-0.05, 0) is 38.5 Å². The van der Waals surface area contributed by atoms with Crippen molar-refractivity contribution in [2.75, 3.05) is 0 Å². The van der Waals surface area contributed by atoms with E-state index in [1.165, 1.54) is 0 Å². The van der Waals surface area contributed by atoms with Crippen LogP contribution in [0.4, 0.5) is 0 Å². The lowest BCUT2D eigenvalue weighted by Gasteiger charge is -2.19. The van der Waals surface area contributed by atoms with E-state index < -0.39 is 0 Å². The molecule has 0 amide bonds. The van der Waals surface area contributed by atoms with Gasteiger partial charge in [-0.3, -0.25) is 4.98 Å². The first-order valence-electron chi connectivity index (χ1n) is 6.20. The maximum absolute atomic E-state index is 6.09. The van der Waals surface area contributed by atoms with Gasteiger partial charge >= 0.3 is 0 Å². The molecule has 0 radical (unpaired) electrons. The minimum absolute atomic E-state index is 0.00128. The monoisotopic (exact) mass is 274 g/mol. The van der Waals surface area contributed by atoms with Crippen molar-refractivity contribution in [2.45, 2.75) is 37.2 Å². The Morgan fingerprint density at radius 3 is 2.42 bits per heavy atom. The van der Waals surface area contributed by atoms with Crippen LogP contribution in [0, 0.1) is 13.8 Å². The van der Waals surface area contributed by atoms with Crippen LogP contribution in [0.25, 0.3) is 0 Å². The van der Waals surface area contributed by atoms with E-state index in [1.807, 2.05) is 45.2 Å². The number of nitrogens with two attached hydrogens (primary N) is 1. The first kappa shape index (κ1) is 14.0. The number of nitrogens with zero attached hydrogens (tertiary/aromatic N) is 3. The lowest BCUT2D eigenvalue weighted by atomic mass is 10.1. The number of aromatic nitrogens is 3. The first-order chi connectivity index (χ1) is 9.06. The molecule has 2 rings (SSSR count). The number of hydrogen-bond acceptors (Lipinski definition) is 5. The summed E-state index contributed by atoms with van der Waals surface area (Å²) in [6.45, 7) is 5.95. The predicted molar refractivity (Wildman–Crippen MR) is 78.0 cm³/mol. The number of aryl methyl sites for hydroxylation is 2. The summed E-state index contributed by atoms with van der Waals surface area (Å²) in [4.78, 5) is 13.1. The van der Waals surface area contributed by atoms with Gasteiger partial charge in [0.25, 0.3) is 0 Å². The van der Waals surface area contributed by atoms with Crippen LogP contribution in [0.15, 0.2) is 35.7 Å². The van der Waals surface area contributed by atoms with Crippen LogP contribution >= 0.6 is 11.8 Å². The molecule has 0 spiro atoms. The molecule has 2 unspecified atom stereocenters. The largest absolute Gasteiger partial charge is 0.327 e. The highest BCUT2D eigenvalue weighted by molar-refractivity contribution is 7.99. The summed E-state index contributed by atoms with van der Waals surface area (Å²) in [6.07, 6.45) is 3.61. The Morgan fingerprint density at radius 1 is 1.21 bits per heavy atom. The van der Waals surface area contributed by atoms with Gasteiger partial charge in [0.15, 0.2) is 5.16 Å². The summed E-state index contributed by atoms with van der Waals surface area (Å²) >= 11 is 1.59. The molecule has 0 aliphatic rings. The fraction of sp³-hybridized carbons (Fsp3) is 0.357. The van der Waals surface area contributed by atoms with Crippen LogP contribution in [0.2, 0.25) is 0 Å². The Balaban J connectivity index is 2.27. The second-order valence-electron chi connectivity index (χ2n) is 4.62. The predicted octanol–water partition coefficient (Wildman–Crippen LogP) is 2.67. The van der Waals surface area contributed by atoms with Gasteiger partial charge in [0, 0.05) is 29.8 Å². The smallest absolute Gasteiger partial charge is 0.188 e. The van der Waals surface area contributed by atoms with Crippen LogP contribution in [0.1, 0.15) is 29.1 Å². The van der Waals surface area contributed by atoms with Crippen molar-refractivity contribution in [2.24, 2.45) is 5.73 Å². The summed E-state index contributed by atoms with van der Waals surface area (Å²) in [5.74, 6) is 0. The van der Waals surface area contributed by atoms with E-state index in [2.05, 4.69) is 15.0 Å². The molecule has 0 saturated heterocycles. The minimum atomic E-state index is -0.00128. The van der Waals surface area contributed by atoms with Crippen molar-refractivity contribution in [3.05, 3.63) is 47.5 Å². The van der Waals surface area contributed by atoms with Gasteiger partial charge in [0.1, 0.15) is 0 Å². The Kier molecular flexibility index (Phi) is 4.50. The Bertz CT molecular complexity index is 522. The minimum Gasteiger partial charge on any atom is -0.327 e. The fourth-order valence-corrected chi connectivity index (χ4v) is 2.99. The normalized spacial score (nSPS) is 14.1. The molecule has 0 saturated carbocycles. The molecule has 19 heavy (non-hydrogen) atoms. The summed E-state index contributed by atoms with van der Waals surface area (Å²) in [7, 11) is 0. The van der Waals surface area contributed by atoms with Crippen LogP contribution in [0.3, 0.4) is 0 Å². The lowest BCUT2D eigenvalue weighted by molar-refractivity contribution is 0.714. The average Bonchev–Trinajstić information content (AvgIpc) is 2.35. The summed E-state index contributed by atoms with van der Waals surface area (Å²) in [6, 6.07) is 5.93. The summed E-state index contributed by atoms with van der Waals surface area (Å²) in [5.41, 5.74) is 9.14. The van der Waals surface area contributed by atoms with Crippen molar-refractivity contribution in [1.82, 2.24) is 15.0 Å². The zero-order valence-corrected chi connectivity index (χ0v) is 12.2. The molecule has 5 heteroatoms. The second-order valence-corrected chi connectivity index (χ2v) is 5.73. The number of hydrogen-bond donors (Lipinski definition) is 1. The first-order valence-corrected chi connectivity index (χ1v) is 7.08. The number of thioether (sulfide) groups is 1. The number of pyridine rings is 1. The van der Waals surface area contributed by atoms with Crippen LogP contribution in [-0.4, -0.2) is 21.0 Å². The zero-order valence-electron chi connectivity index (χ0n) is 11.4. The molecular weight excluding hydrogens is 256 g/mol. The Morgan fingerprint density at radius 2 is 1.89 bits per heavy atom. The second kappa shape index (κ2) is 6.12. The third-order valence-electron chi connectivity index (χ3n) is 2.68. The standard InChI is InChI=1S/C14H18N4S/c1-9-7-10(2)18-14(17-9)19-13(11(3)15)12-5-4-6-16-8-12/h4-8,11,13H,15H2,1-3H3. The molecule has 2 aromatic rings. The highest BCUT2D eigenvalue weighted by Crippen LogP contribution is 2.35. The van der Waals surface area contributed by atoms with Gasteiger partial charge in [0.05, 0.1) is 5.25 Å². The molecule has 0 aliphatic heterocycles. The van der Waals surface area contributed by atoms with Crippen LogP contribution in [0.5, 0.6) is 0 Å². The van der Waals surface area contributed by atoms with Crippen LogP contribution < -0.4 is 5.73 Å². The van der Waals surface area contributed by atoms with Crippen molar-refractivity contribution in [1.29, 1.82) is 0 Å². The van der Waals surface area contributed by atoms with Crippen molar-refractivity contribution in [3.63, 3.8) is 0 Å². The Hall–Kier alpha value is -1.46. The molecular formula is C14H18N4S. The van der Waals surface area contributed by atoms with Gasteiger partial charge in [-0.1, -0.05) is 17.8 Å². The molecule has 0 fully saturated rings. The van der Waals surface area contributed by atoms with E-state index in [0.29, 0.717) is 0 Å². The molecule has 4 nitrogen and oxygen atoms in total. The highest BCUT2D eigenvalue weighted by Gasteiger charge is 2.19. The van der Waals surface area contributed by atoms with Crippen molar-refractivity contribution < 1.29 is 0 Å². The van der Waals surface area contributed by atoms with Gasteiger partial charge in [-0.25, -0.2) is 9.97 Å². The number of rotatable bonds is 4. The summed E-state index contributed by atoms with van der Waals surface area (Å²) < 4.78 is 0. The van der Waals surface area contributed by atoms with Gasteiger partial charge in [0.2, 0.25) is 0 Å². The molecule has 0 aliphatic carbocycles. The molecule has 100 valence electrons. The molecule has 2 heterocycles. The molecule has 2 atom stereocenters. The van der Waals surface area contributed by atoms with E-state index in [1.54, 1.807) is 18.0 Å². The lowest BCUT2D eigenvalue weighted by Crippen LogP contribution is -2.23. The maximum atomic E-state index is 6.09. The highest BCUT2D eigenvalue weighted by atomic mass is 32.2. The van der Waals surface area contributed by atoms with E-state index in [9.17, 15) is 0 Å². The van der Waals surface area contributed by atoms with E-state index in [4.69, 9.17) is 5.73 Å². The van der Waals surface area contributed by atoms with Gasteiger partial charge in [-0.2, -0.15) is 0 Å². The van der Waals surface area contributed by atoms with E-state index in [0.717, 1.165) is 22.1 Å². The SMILES string of the molecule is Cc1cc(C)nc(SC(c2cccnc2)C(C)N)n1. The average molecular weight is 274 g/mol. The molecule has 0 aromatic carbocycles. The van der Waals surface area contributed by atoms with Crippen molar-refractivity contribution in [3.8, 4) is 0 Å². The fourth-order valence-electron chi connectivity index (χ4n) is 1.88. The van der Waals surface area contributed by atoms with Gasteiger partial charge in [-0.15, -0.1) is 0 Å². The maximum Gasteiger partial charge on any atom is 0.188 e.